The zero-order chi connectivity index (χ0) is 9.61. The van der Waals surface area contributed by atoms with E-state index in [1.54, 1.807) is 0 Å². The van der Waals surface area contributed by atoms with Crippen LogP contribution in [0.15, 0.2) is 0 Å². The number of rotatable bonds is 6. The molecule has 0 aromatic carbocycles. The first kappa shape index (κ1) is 12.2. The van der Waals surface area contributed by atoms with E-state index in [2.05, 4.69) is 5.32 Å². The minimum atomic E-state index is -2.80. The second kappa shape index (κ2) is 5.78. The predicted octanol–water partition coefficient (Wildman–Crippen LogP) is 0.638. The monoisotopic (exact) mass is 213 g/mol. The summed E-state index contributed by atoms with van der Waals surface area (Å²) in [5, 5.41) is 3.16. The van der Waals surface area contributed by atoms with Crippen LogP contribution in [0.4, 0.5) is 0 Å². The number of alkyl halides is 1. The lowest BCUT2D eigenvalue weighted by Gasteiger charge is -2.04. The summed E-state index contributed by atoms with van der Waals surface area (Å²) in [4.78, 5) is 0. The number of hydrogen-bond donors (Lipinski definition) is 1. The summed E-state index contributed by atoms with van der Waals surface area (Å²) < 4.78 is 21.3. The van der Waals surface area contributed by atoms with E-state index < -0.39 is 9.84 Å². The van der Waals surface area contributed by atoms with Gasteiger partial charge in [-0.1, -0.05) is 0 Å². The van der Waals surface area contributed by atoms with E-state index >= 15 is 0 Å². The molecule has 0 fully saturated rings. The molecule has 0 aliphatic carbocycles. The SMILES string of the molecule is CC(Cl)CNCCCS(C)(=O)=O. The van der Waals surface area contributed by atoms with Crippen LogP contribution in [0.5, 0.6) is 0 Å². The Kier molecular flexibility index (Phi) is 5.88. The van der Waals surface area contributed by atoms with Gasteiger partial charge in [-0.05, 0) is 19.9 Å². The summed E-state index contributed by atoms with van der Waals surface area (Å²) in [5.41, 5.74) is 0. The molecule has 5 heteroatoms. The Morgan fingerprint density at radius 3 is 2.50 bits per heavy atom. The molecule has 0 rings (SSSR count). The van der Waals surface area contributed by atoms with E-state index in [0.717, 1.165) is 6.54 Å². The first-order chi connectivity index (χ1) is 5.42. The Labute approximate surface area is 79.4 Å². The van der Waals surface area contributed by atoms with Crippen LogP contribution >= 0.6 is 11.6 Å². The molecule has 0 amide bonds. The zero-order valence-electron chi connectivity index (χ0n) is 7.51. The lowest BCUT2D eigenvalue weighted by atomic mass is 10.4. The molecule has 3 nitrogen and oxygen atoms in total. The van der Waals surface area contributed by atoms with E-state index in [-0.39, 0.29) is 11.1 Å². The molecular weight excluding hydrogens is 198 g/mol. The highest BCUT2D eigenvalue weighted by Gasteiger charge is 2.01. The highest BCUT2D eigenvalue weighted by Crippen LogP contribution is 1.90. The van der Waals surface area contributed by atoms with E-state index in [0.29, 0.717) is 13.0 Å². The Hall–Kier alpha value is 0.200. The van der Waals surface area contributed by atoms with Crippen LogP contribution in [0, 0.1) is 0 Å². The Balaban J connectivity index is 3.23. The van der Waals surface area contributed by atoms with Gasteiger partial charge >= 0.3 is 0 Å². The molecule has 0 saturated heterocycles. The summed E-state index contributed by atoms with van der Waals surface area (Å²) >= 11 is 5.67. The average molecular weight is 214 g/mol. The molecule has 0 aromatic heterocycles. The van der Waals surface area contributed by atoms with Crippen molar-refractivity contribution in [3.63, 3.8) is 0 Å². The molecule has 0 spiro atoms. The van der Waals surface area contributed by atoms with Gasteiger partial charge in [-0.15, -0.1) is 11.6 Å². The van der Waals surface area contributed by atoms with Crippen LogP contribution in [0.3, 0.4) is 0 Å². The third kappa shape index (κ3) is 10.2. The average Bonchev–Trinajstić information content (AvgIpc) is 1.83. The molecule has 1 N–H and O–H groups in total. The summed E-state index contributed by atoms with van der Waals surface area (Å²) in [6, 6.07) is 0. The number of sulfone groups is 1. The summed E-state index contributed by atoms with van der Waals surface area (Å²) in [7, 11) is -2.80. The van der Waals surface area contributed by atoms with Gasteiger partial charge in [0.2, 0.25) is 0 Å². The van der Waals surface area contributed by atoms with Crippen LogP contribution < -0.4 is 5.32 Å². The second-order valence-electron chi connectivity index (χ2n) is 2.97. The highest BCUT2D eigenvalue weighted by molar-refractivity contribution is 7.90. The van der Waals surface area contributed by atoms with Crippen LogP contribution in [-0.4, -0.2) is 38.9 Å². The topological polar surface area (TPSA) is 46.2 Å². The standard InChI is InChI=1S/C7H16ClNO2S/c1-7(8)6-9-4-3-5-12(2,10)11/h7,9H,3-6H2,1-2H3. The highest BCUT2D eigenvalue weighted by atomic mass is 35.5. The maximum absolute atomic E-state index is 10.7. The first-order valence-electron chi connectivity index (χ1n) is 3.94. The van der Waals surface area contributed by atoms with Gasteiger partial charge in [0.1, 0.15) is 9.84 Å². The van der Waals surface area contributed by atoms with Crippen molar-refractivity contribution in [3.05, 3.63) is 0 Å². The fraction of sp³-hybridized carbons (Fsp3) is 1.00. The molecule has 1 atom stereocenters. The van der Waals surface area contributed by atoms with Gasteiger partial charge < -0.3 is 5.32 Å². The molecular formula is C7H16ClNO2S. The van der Waals surface area contributed by atoms with Crippen LogP contribution in [-0.2, 0) is 9.84 Å². The summed E-state index contributed by atoms with van der Waals surface area (Å²) in [6.45, 7) is 3.33. The lowest BCUT2D eigenvalue weighted by Crippen LogP contribution is -2.23. The van der Waals surface area contributed by atoms with E-state index in [4.69, 9.17) is 11.6 Å². The van der Waals surface area contributed by atoms with E-state index in [1.807, 2.05) is 6.92 Å². The van der Waals surface area contributed by atoms with Gasteiger partial charge in [-0.3, -0.25) is 0 Å². The van der Waals surface area contributed by atoms with Crippen molar-refractivity contribution in [2.75, 3.05) is 25.1 Å². The van der Waals surface area contributed by atoms with Crippen molar-refractivity contribution < 1.29 is 8.42 Å². The zero-order valence-corrected chi connectivity index (χ0v) is 9.08. The van der Waals surface area contributed by atoms with Gasteiger partial charge in [0, 0.05) is 18.2 Å². The first-order valence-corrected chi connectivity index (χ1v) is 6.44. The smallest absolute Gasteiger partial charge is 0.147 e. The predicted molar refractivity (Wildman–Crippen MR) is 52.5 cm³/mol. The van der Waals surface area contributed by atoms with E-state index in [9.17, 15) is 8.42 Å². The van der Waals surface area contributed by atoms with Gasteiger partial charge in [0.05, 0.1) is 5.75 Å². The van der Waals surface area contributed by atoms with Crippen molar-refractivity contribution in [2.24, 2.45) is 0 Å². The Morgan fingerprint density at radius 2 is 2.08 bits per heavy atom. The van der Waals surface area contributed by atoms with Crippen molar-refractivity contribution in [3.8, 4) is 0 Å². The molecule has 0 heterocycles. The van der Waals surface area contributed by atoms with Crippen LogP contribution in [0.25, 0.3) is 0 Å². The molecule has 0 saturated carbocycles. The van der Waals surface area contributed by atoms with Crippen LogP contribution in [0.2, 0.25) is 0 Å². The minimum absolute atomic E-state index is 0.100. The normalized spacial score (nSPS) is 14.6. The van der Waals surface area contributed by atoms with Gasteiger partial charge in [0.25, 0.3) is 0 Å². The largest absolute Gasteiger partial charge is 0.315 e. The van der Waals surface area contributed by atoms with Crippen molar-refractivity contribution in [1.29, 1.82) is 0 Å². The molecule has 0 radical (unpaired) electrons. The van der Waals surface area contributed by atoms with Crippen molar-refractivity contribution >= 4 is 21.4 Å². The van der Waals surface area contributed by atoms with E-state index in [1.165, 1.54) is 6.26 Å². The lowest BCUT2D eigenvalue weighted by molar-refractivity contribution is 0.594. The molecule has 74 valence electrons. The third-order valence-corrected chi connectivity index (χ3v) is 2.48. The molecule has 0 aromatic rings. The number of hydrogen-bond acceptors (Lipinski definition) is 3. The summed E-state index contributed by atoms with van der Waals surface area (Å²) in [6.07, 6.45) is 1.90. The molecule has 0 bridgehead atoms. The van der Waals surface area contributed by atoms with Gasteiger partial charge in [-0.25, -0.2) is 8.42 Å². The maximum atomic E-state index is 10.7. The van der Waals surface area contributed by atoms with Crippen molar-refractivity contribution in [2.45, 2.75) is 18.7 Å². The second-order valence-corrected chi connectivity index (χ2v) is 5.97. The quantitative estimate of drug-likeness (QED) is 0.520. The molecule has 12 heavy (non-hydrogen) atoms. The van der Waals surface area contributed by atoms with Crippen LogP contribution in [0.1, 0.15) is 13.3 Å². The Morgan fingerprint density at radius 1 is 1.50 bits per heavy atom. The molecule has 0 aliphatic heterocycles. The Bertz CT molecular complexity index is 201. The fourth-order valence-electron chi connectivity index (χ4n) is 0.760. The van der Waals surface area contributed by atoms with Crippen molar-refractivity contribution in [1.82, 2.24) is 5.32 Å². The molecule has 0 aliphatic rings. The summed E-state index contributed by atoms with van der Waals surface area (Å²) in [5.74, 6) is 0.247. The maximum Gasteiger partial charge on any atom is 0.147 e. The van der Waals surface area contributed by atoms with Gasteiger partial charge in [-0.2, -0.15) is 0 Å². The fourth-order valence-corrected chi connectivity index (χ4v) is 1.54. The molecule has 1 unspecified atom stereocenters. The van der Waals surface area contributed by atoms with Gasteiger partial charge in [0.15, 0.2) is 0 Å². The number of halogens is 1. The number of nitrogens with one attached hydrogen (secondary N) is 1. The third-order valence-electron chi connectivity index (χ3n) is 1.29. The minimum Gasteiger partial charge on any atom is -0.315 e.